The number of nitriles is 1. The molecule has 0 radical (unpaired) electrons. The zero-order valence-electron chi connectivity index (χ0n) is 13.4. The topological polar surface area (TPSA) is 52.9 Å². The van der Waals surface area contributed by atoms with Gasteiger partial charge in [-0.3, -0.25) is 4.79 Å². The molecule has 23 heavy (non-hydrogen) atoms. The summed E-state index contributed by atoms with van der Waals surface area (Å²) in [5.41, 5.74) is 0.565. The van der Waals surface area contributed by atoms with E-state index in [0.717, 1.165) is 17.8 Å². The van der Waals surface area contributed by atoms with E-state index in [-0.39, 0.29) is 11.2 Å². The van der Waals surface area contributed by atoms with Gasteiger partial charge >= 0.3 is 0 Å². The highest BCUT2D eigenvalue weighted by molar-refractivity contribution is 8.01. The molecule has 4 fully saturated rings. The number of thiophene rings is 1. The number of nitrogens with zero attached hydrogens (tertiary/aromatic N) is 1. The van der Waals surface area contributed by atoms with Crippen molar-refractivity contribution < 1.29 is 4.79 Å². The van der Waals surface area contributed by atoms with Crippen molar-refractivity contribution in [2.45, 2.75) is 55.4 Å². The van der Waals surface area contributed by atoms with Gasteiger partial charge in [-0.2, -0.15) is 5.26 Å². The van der Waals surface area contributed by atoms with E-state index in [2.05, 4.69) is 11.4 Å². The third kappa shape index (κ3) is 2.92. The highest BCUT2D eigenvalue weighted by Crippen LogP contribution is 2.61. The summed E-state index contributed by atoms with van der Waals surface area (Å²) in [7, 11) is 0. The average molecular weight is 347 g/mol. The number of thioether (sulfide) groups is 1. The molecule has 4 saturated carbocycles. The number of rotatable bonds is 4. The van der Waals surface area contributed by atoms with Gasteiger partial charge in [-0.1, -0.05) is 0 Å². The van der Waals surface area contributed by atoms with E-state index in [1.807, 2.05) is 24.1 Å². The number of hydrogen-bond donors (Lipinski definition) is 1. The molecule has 122 valence electrons. The fraction of sp³-hybridized carbons (Fsp3) is 0.667. The van der Waals surface area contributed by atoms with Crippen molar-refractivity contribution in [3.05, 3.63) is 17.0 Å². The van der Waals surface area contributed by atoms with Gasteiger partial charge in [0.1, 0.15) is 11.1 Å². The molecule has 4 bridgehead atoms. The van der Waals surface area contributed by atoms with Crippen LogP contribution in [0.2, 0.25) is 0 Å². The normalized spacial score (nSPS) is 35.7. The molecule has 1 aromatic heterocycles. The summed E-state index contributed by atoms with van der Waals surface area (Å²) in [6, 6.07) is 3.90. The largest absolute Gasteiger partial charge is 0.316 e. The molecule has 0 spiro atoms. The van der Waals surface area contributed by atoms with Crippen LogP contribution in [-0.2, 0) is 4.79 Å². The van der Waals surface area contributed by atoms with Crippen molar-refractivity contribution in [2.24, 2.45) is 17.8 Å². The van der Waals surface area contributed by atoms with E-state index < -0.39 is 0 Å². The quantitative estimate of drug-likeness (QED) is 0.863. The van der Waals surface area contributed by atoms with Crippen LogP contribution in [0, 0.1) is 29.1 Å². The van der Waals surface area contributed by atoms with Gasteiger partial charge < -0.3 is 5.32 Å². The van der Waals surface area contributed by atoms with Crippen LogP contribution in [0.4, 0.5) is 5.00 Å². The van der Waals surface area contributed by atoms with Gasteiger partial charge in [0.25, 0.3) is 0 Å². The first kappa shape index (κ1) is 15.5. The molecule has 0 aliphatic heterocycles. The Labute approximate surface area is 145 Å². The standard InChI is InChI=1S/C18H22N2OS2/c1-11(16(21)20-17-15(10-19)2-3-22-17)23-18-7-12-4-13(8-18)6-14(5-12)9-18/h2-3,11-14H,4-9H2,1H3,(H,20,21)/t11-,12?,13?,14?,18?/m0/s1. The van der Waals surface area contributed by atoms with Crippen LogP contribution in [0.5, 0.6) is 0 Å². The van der Waals surface area contributed by atoms with Gasteiger partial charge in [0.15, 0.2) is 0 Å². The van der Waals surface area contributed by atoms with Gasteiger partial charge in [0, 0.05) is 4.75 Å². The van der Waals surface area contributed by atoms with Crippen LogP contribution in [-0.4, -0.2) is 15.9 Å². The summed E-state index contributed by atoms with van der Waals surface area (Å²) in [6.45, 7) is 2.03. The summed E-state index contributed by atoms with van der Waals surface area (Å²) < 4.78 is 0.346. The molecule has 4 aliphatic rings. The summed E-state index contributed by atoms with van der Waals surface area (Å²) in [6.07, 6.45) is 8.22. The van der Waals surface area contributed by atoms with Crippen molar-refractivity contribution in [2.75, 3.05) is 5.32 Å². The van der Waals surface area contributed by atoms with Crippen molar-refractivity contribution >= 4 is 34.0 Å². The Hall–Kier alpha value is -0.990. The first-order chi connectivity index (χ1) is 11.1. The molecule has 3 nitrogen and oxygen atoms in total. The number of carbonyl (C=O) groups is 1. The fourth-order valence-electron chi connectivity index (χ4n) is 5.31. The molecule has 4 aliphatic carbocycles. The molecule has 1 atom stereocenters. The van der Waals surface area contributed by atoms with Crippen LogP contribution < -0.4 is 5.32 Å². The van der Waals surface area contributed by atoms with E-state index in [1.54, 1.807) is 6.07 Å². The predicted octanol–water partition coefficient (Wildman–Crippen LogP) is 4.65. The number of amides is 1. The maximum absolute atomic E-state index is 12.6. The van der Waals surface area contributed by atoms with Crippen LogP contribution >= 0.6 is 23.1 Å². The summed E-state index contributed by atoms with van der Waals surface area (Å²) in [4.78, 5) is 12.6. The second-order valence-electron chi connectivity index (χ2n) is 7.63. The number of nitrogens with one attached hydrogen (secondary N) is 1. The maximum Gasteiger partial charge on any atom is 0.237 e. The zero-order chi connectivity index (χ0) is 16.0. The predicted molar refractivity (Wildman–Crippen MR) is 95.6 cm³/mol. The Kier molecular flexibility index (Phi) is 3.93. The van der Waals surface area contributed by atoms with E-state index in [0.29, 0.717) is 15.3 Å². The van der Waals surface area contributed by atoms with Crippen LogP contribution in [0.25, 0.3) is 0 Å². The van der Waals surface area contributed by atoms with Gasteiger partial charge in [0.05, 0.1) is 10.8 Å². The maximum atomic E-state index is 12.6. The summed E-state index contributed by atoms with van der Waals surface area (Å²) >= 11 is 3.34. The Morgan fingerprint density at radius 3 is 2.52 bits per heavy atom. The highest BCUT2D eigenvalue weighted by atomic mass is 32.2. The zero-order valence-corrected chi connectivity index (χ0v) is 15.0. The minimum atomic E-state index is -0.0557. The molecule has 1 N–H and O–H groups in total. The molecule has 0 aromatic carbocycles. The van der Waals surface area contributed by atoms with Crippen molar-refractivity contribution in [1.29, 1.82) is 5.26 Å². The van der Waals surface area contributed by atoms with Crippen molar-refractivity contribution in [1.82, 2.24) is 0 Å². The van der Waals surface area contributed by atoms with E-state index in [1.165, 1.54) is 49.9 Å². The molecule has 5 rings (SSSR count). The lowest BCUT2D eigenvalue weighted by atomic mass is 9.56. The molecular weight excluding hydrogens is 324 g/mol. The molecule has 1 amide bonds. The second-order valence-corrected chi connectivity index (χ2v) is 10.4. The lowest BCUT2D eigenvalue weighted by molar-refractivity contribution is -0.115. The van der Waals surface area contributed by atoms with E-state index >= 15 is 0 Å². The van der Waals surface area contributed by atoms with Gasteiger partial charge in [-0.05, 0) is 74.6 Å². The average Bonchev–Trinajstić information content (AvgIpc) is 2.92. The SMILES string of the molecule is C[C@H](SC12CC3CC(CC(C3)C1)C2)C(=O)Nc1sccc1C#N. The molecular formula is C18H22N2OS2. The molecule has 0 saturated heterocycles. The Bertz CT molecular complexity index is 625. The number of hydrogen-bond acceptors (Lipinski definition) is 4. The van der Waals surface area contributed by atoms with Gasteiger partial charge in [0.2, 0.25) is 5.91 Å². The van der Waals surface area contributed by atoms with Crippen LogP contribution in [0.15, 0.2) is 11.4 Å². The molecule has 5 heteroatoms. The lowest BCUT2D eigenvalue weighted by Crippen LogP contribution is -2.49. The molecule has 0 unspecified atom stereocenters. The third-order valence-electron chi connectivity index (χ3n) is 5.80. The van der Waals surface area contributed by atoms with E-state index in [4.69, 9.17) is 5.26 Å². The monoisotopic (exact) mass is 346 g/mol. The molecule has 1 aromatic rings. The van der Waals surface area contributed by atoms with Gasteiger partial charge in [-0.15, -0.1) is 23.1 Å². The fourth-order valence-corrected chi connectivity index (χ4v) is 7.96. The smallest absolute Gasteiger partial charge is 0.237 e. The van der Waals surface area contributed by atoms with E-state index in [9.17, 15) is 4.79 Å². The minimum Gasteiger partial charge on any atom is -0.316 e. The highest BCUT2D eigenvalue weighted by Gasteiger charge is 2.52. The first-order valence-electron chi connectivity index (χ1n) is 8.53. The van der Waals surface area contributed by atoms with Crippen LogP contribution in [0.1, 0.15) is 51.0 Å². The van der Waals surface area contributed by atoms with Crippen LogP contribution in [0.3, 0.4) is 0 Å². The van der Waals surface area contributed by atoms with Crippen molar-refractivity contribution in [3.8, 4) is 6.07 Å². The minimum absolute atomic E-state index is 0.0460. The first-order valence-corrected chi connectivity index (χ1v) is 10.3. The second kappa shape index (κ2) is 5.82. The third-order valence-corrected chi connectivity index (χ3v) is 8.20. The summed E-state index contributed by atoms with van der Waals surface area (Å²) in [5.74, 6) is 2.77. The lowest BCUT2D eigenvalue weighted by Gasteiger charge is -2.57. The Morgan fingerprint density at radius 2 is 1.96 bits per heavy atom. The summed E-state index contributed by atoms with van der Waals surface area (Å²) in [5, 5.41) is 14.5. The van der Waals surface area contributed by atoms with Gasteiger partial charge in [-0.25, -0.2) is 0 Å². The Morgan fingerprint density at radius 1 is 1.35 bits per heavy atom. The number of anilines is 1. The van der Waals surface area contributed by atoms with Crippen molar-refractivity contribution in [3.63, 3.8) is 0 Å². The molecule has 1 heterocycles. The Balaban J connectivity index is 1.43. The number of carbonyl (C=O) groups excluding carboxylic acids is 1.